The van der Waals surface area contributed by atoms with Crippen molar-refractivity contribution in [3.63, 3.8) is 0 Å². The Morgan fingerprint density at radius 2 is 2.11 bits per heavy atom. The summed E-state index contributed by atoms with van der Waals surface area (Å²) in [6.07, 6.45) is 1.80. The van der Waals surface area contributed by atoms with Crippen LogP contribution in [0.15, 0.2) is 18.2 Å². The summed E-state index contributed by atoms with van der Waals surface area (Å²) in [5, 5.41) is 3.14. The fourth-order valence-corrected chi connectivity index (χ4v) is 2.03. The Balaban J connectivity index is 2.23. The molecule has 5 nitrogen and oxygen atoms in total. The lowest BCUT2D eigenvalue weighted by Gasteiger charge is -2.17. The van der Waals surface area contributed by atoms with Crippen LogP contribution in [-0.2, 0) is 4.79 Å². The molecule has 0 spiro atoms. The maximum Gasteiger partial charge on any atom is 0.239 e. The zero-order valence-electron chi connectivity index (χ0n) is 11.1. The Morgan fingerprint density at radius 3 is 2.79 bits per heavy atom. The van der Waals surface area contributed by atoms with E-state index in [1.54, 1.807) is 0 Å². The first-order chi connectivity index (χ1) is 9.22. The molecular weight excluding hydrogens is 244 g/mol. The quantitative estimate of drug-likeness (QED) is 0.842. The predicted molar refractivity (Wildman–Crippen MR) is 72.3 cm³/mol. The topological polar surface area (TPSA) is 73.6 Å². The van der Waals surface area contributed by atoms with E-state index in [2.05, 4.69) is 5.32 Å². The monoisotopic (exact) mass is 264 g/mol. The van der Waals surface area contributed by atoms with Crippen LogP contribution in [0.1, 0.15) is 31.4 Å². The Hall–Kier alpha value is -1.75. The minimum Gasteiger partial charge on any atom is -0.490 e. The van der Waals surface area contributed by atoms with E-state index in [0.717, 1.165) is 30.7 Å². The molecule has 0 aliphatic carbocycles. The third-order valence-corrected chi connectivity index (χ3v) is 2.99. The summed E-state index contributed by atoms with van der Waals surface area (Å²) < 4.78 is 11.2. The number of ether oxygens (including phenoxy) is 2. The average Bonchev–Trinajstić information content (AvgIpc) is 2.63. The van der Waals surface area contributed by atoms with Gasteiger partial charge in [-0.1, -0.05) is 13.0 Å². The highest BCUT2D eigenvalue weighted by atomic mass is 16.5. The highest BCUT2D eigenvalue weighted by Gasteiger charge is 2.19. The number of hydrogen-bond acceptors (Lipinski definition) is 4. The maximum absolute atomic E-state index is 11.5. The van der Waals surface area contributed by atoms with Crippen LogP contribution in [0.4, 0.5) is 0 Å². The van der Waals surface area contributed by atoms with Gasteiger partial charge in [-0.2, -0.15) is 0 Å². The van der Waals surface area contributed by atoms with Gasteiger partial charge in [0, 0.05) is 6.42 Å². The first-order valence-electron chi connectivity index (χ1n) is 6.64. The lowest BCUT2D eigenvalue weighted by atomic mass is 10.1. The molecule has 0 aromatic heterocycles. The molecule has 3 N–H and O–H groups in total. The molecule has 1 unspecified atom stereocenters. The van der Waals surface area contributed by atoms with Crippen LogP contribution >= 0.6 is 0 Å². The SMILES string of the molecule is CCCNC(C(N)=O)c1ccc2c(c1)OCCCO2. The molecule has 1 amide bonds. The highest BCUT2D eigenvalue weighted by molar-refractivity contribution is 5.81. The maximum atomic E-state index is 11.5. The molecule has 0 fully saturated rings. The molecule has 1 aromatic carbocycles. The van der Waals surface area contributed by atoms with Gasteiger partial charge < -0.3 is 20.5 Å². The normalized spacial score (nSPS) is 15.6. The summed E-state index contributed by atoms with van der Waals surface area (Å²) in [7, 11) is 0. The average molecular weight is 264 g/mol. The van der Waals surface area contributed by atoms with E-state index in [1.165, 1.54) is 0 Å². The van der Waals surface area contributed by atoms with E-state index in [0.29, 0.717) is 19.0 Å². The van der Waals surface area contributed by atoms with Gasteiger partial charge in [-0.05, 0) is 30.7 Å². The lowest BCUT2D eigenvalue weighted by Crippen LogP contribution is -2.34. The summed E-state index contributed by atoms with van der Waals surface area (Å²) in [4.78, 5) is 11.5. The van der Waals surface area contributed by atoms with Gasteiger partial charge in [-0.15, -0.1) is 0 Å². The number of rotatable bonds is 5. The van der Waals surface area contributed by atoms with E-state index >= 15 is 0 Å². The summed E-state index contributed by atoms with van der Waals surface area (Å²) in [5.74, 6) is 1.02. The largest absolute Gasteiger partial charge is 0.490 e. The fraction of sp³-hybridized carbons (Fsp3) is 0.500. The summed E-state index contributed by atoms with van der Waals surface area (Å²) in [6.45, 7) is 4.06. The van der Waals surface area contributed by atoms with Crippen molar-refractivity contribution < 1.29 is 14.3 Å². The van der Waals surface area contributed by atoms with Crippen LogP contribution < -0.4 is 20.5 Å². The summed E-state index contributed by atoms with van der Waals surface area (Å²) >= 11 is 0. The van der Waals surface area contributed by atoms with Crippen LogP contribution in [-0.4, -0.2) is 25.7 Å². The third kappa shape index (κ3) is 3.38. The number of amides is 1. The van der Waals surface area contributed by atoms with Gasteiger partial charge in [-0.25, -0.2) is 0 Å². The molecule has 1 aliphatic heterocycles. The van der Waals surface area contributed by atoms with E-state index in [1.807, 2.05) is 25.1 Å². The van der Waals surface area contributed by atoms with Gasteiger partial charge in [0.2, 0.25) is 5.91 Å². The Labute approximate surface area is 113 Å². The molecule has 1 atom stereocenters. The van der Waals surface area contributed by atoms with Crippen molar-refractivity contribution in [3.05, 3.63) is 23.8 Å². The molecule has 0 radical (unpaired) electrons. The zero-order chi connectivity index (χ0) is 13.7. The van der Waals surface area contributed by atoms with Crippen LogP contribution in [0.2, 0.25) is 0 Å². The molecule has 5 heteroatoms. The van der Waals surface area contributed by atoms with Crippen LogP contribution in [0.25, 0.3) is 0 Å². The Kier molecular flexibility index (Phi) is 4.63. The number of carbonyl (C=O) groups excluding carboxylic acids is 1. The molecular formula is C14H20N2O3. The van der Waals surface area contributed by atoms with E-state index < -0.39 is 6.04 Å². The number of carbonyl (C=O) groups is 1. The molecule has 0 saturated carbocycles. The second-order valence-corrected chi connectivity index (χ2v) is 4.55. The molecule has 19 heavy (non-hydrogen) atoms. The number of nitrogens with one attached hydrogen (secondary N) is 1. The van der Waals surface area contributed by atoms with E-state index in [9.17, 15) is 4.79 Å². The first kappa shape index (κ1) is 13.7. The Morgan fingerprint density at radius 1 is 1.37 bits per heavy atom. The van der Waals surface area contributed by atoms with Crippen molar-refractivity contribution in [1.82, 2.24) is 5.32 Å². The second-order valence-electron chi connectivity index (χ2n) is 4.55. The van der Waals surface area contributed by atoms with Crippen molar-refractivity contribution in [2.45, 2.75) is 25.8 Å². The molecule has 1 aliphatic rings. The molecule has 0 saturated heterocycles. The van der Waals surface area contributed by atoms with Crippen molar-refractivity contribution in [2.75, 3.05) is 19.8 Å². The van der Waals surface area contributed by atoms with E-state index in [-0.39, 0.29) is 5.91 Å². The minimum absolute atomic E-state index is 0.386. The Bertz CT molecular complexity index is 448. The van der Waals surface area contributed by atoms with Gasteiger partial charge in [0.15, 0.2) is 11.5 Å². The standard InChI is InChI=1S/C14H20N2O3/c1-2-6-16-13(14(15)17)10-4-5-11-12(9-10)19-8-3-7-18-11/h4-5,9,13,16H,2-3,6-8H2,1H3,(H2,15,17). The third-order valence-electron chi connectivity index (χ3n) is 2.99. The second kappa shape index (κ2) is 6.43. The van der Waals surface area contributed by atoms with Crippen LogP contribution in [0, 0.1) is 0 Å². The number of hydrogen-bond donors (Lipinski definition) is 2. The number of benzene rings is 1. The number of primary amides is 1. The number of nitrogens with two attached hydrogens (primary N) is 1. The van der Waals surface area contributed by atoms with Crippen molar-refractivity contribution in [1.29, 1.82) is 0 Å². The van der Waals surface area contributed by atoms with Gasteiger partial charge in [0.1, 0.15) is 6.04 Å². The number of fused-ring (bicyclic) bond motifs is 1. The highest BCUT2D eigenvalue weighted by Crippen LogP contribution is 2.32. The minimum atomic E-state index is -0.489. The van der Waals surface area contributed by atoms with Gasteiger partial charge in [0.25, 0.3) is 0 Å². The van der Waals surface area contributed by atoms with Gasteiger partial charge in [0.05, 0.1) is 13.2 Å². The summed E-state index contributed by atoms with van der Waals surface area (Å²) in [6, 6.07) is 5.03. The smallest absolute Gasteiger partial charge is 0.239 e. The molecule has 1 aromatic rings. The fourth-order valence-electron chi connectivity index (χ4n) is 2.03. The van der Waals surface area contributed by atoms with Crippen LogP contribution in [0.3, 0.4) is 0 Å². The molecule has 2 rings (SSSR count). The first-order valence-corrected chi connectivity index (χ1v) is 6.64. The molecule has 1 heterocycles. The zero-order valence-corrected chi connectivity index (χ0v) is 11.1. The lowest BCUT2D eigenvalue weighted by molar-refractivity contribution is -0.120. The molecule has 0 bridgehead atoms. The van der Waals surface area contributed by atoms with Crippen molar-refractivity contribution in [3.8, 4) is 11.5 Å². The molecule has 104 valence electrons. The predicted octanol–water partition coefficient (Wildman–Crippen LogP) is 1.37. The van der Waals surface area contributed by atoms with Gasteiger partial charge in [-0.3, -0.25) is 4.79 Å². The van der Waals surface area contributed by atoms with Crippen LogP contribution in [0.5, 0.6) is 11.5 Å². The van der Waals surface area contributed by atoms with E-state index in [4.69, 9.17) is 15.2 Å². The van der Waals surface area contributed by atoms with Gasteiger partial charge >= 0.3 is 0 Å². The van der Waals surface area contributed by atoms with Crippen molar-refractivity contribution in [2.24, 2.45) is 5.73 Å². The van der Waals surface area contributed by atoms with Crippen molar-refractivity contribution >= 4 is 5.91 Å². The summed E-state index contributed by atoms with van der Waals surface area (Å²) in [5.41, 5.74) is 6.25.